The highest BCUT2D eigenvalue weighted by Gasteiger charge is 2.25. The van der Waals surface area contributed by atoms with Gasteiger partial charge in [-0.15, -0.1) is 0 Å². The van der Waals surface area contributed by atoms with Crippen molar-refractivity contribution < 1.29 is 4.79 Å². The Morgan fingerprint density at radius 2 is 1.53 bits per heavy atom. The first kappa shape index (κ1) is 19.8. The van der Waals surface area contributed by atoms with E-state index in [1.807, 2.05) is 92.7 Å². The van der Waals surface area contributed by atoms with E-state index in [1.165, 1.54) is 0 Å². The zero-order valence-corrected chi connectivity index (χ0v) is 17.9. The van der Waals surface area contributed by atoms with E-state index in [2.05, 4.69) is 5.32 Å². The normalized spacial score (nSPS) is 12.2. The molecule has 5 aromatic rings. The number of anilines is 1. The van der Waals surface area contributed by atoms with E-state index in [1.54, 1.807) is 4.57 Å². The molecule has 3 N–H and O–H groups in total. The third-order valence-corrected chi connectivity index (χ3v) is 5.66. The number of hydrogen-bond acceptors (Lipinski definition) is 4. The summed E-state index contributed by atoms with van der Waals surface area (Å²) in [6.45, 7) is 3.97. The Hall–Kier alpha value is -4.19. The summed E-state index contributed by atoms with van der Waals surface area (Å²) < 4.78 is 1.80. The molecule has 0 saturated heterocycles. The van der Waals surface area contributed by atoms with Crippen LogP contribution in [-0.4, -0.2) is 20.4 Å². The molecule has 0 spiro atoms. The van der Waals surface area contributed by atoms with Crippen LogP contribution < -0.4 is 11.1 Å². The second kappa shape index (κ2) is 7.81. The Labute approximate surface area is 185 Å². The molecule has 0 radical (unpaired) electrons. The van der Waals surface area contributed by atoms with E-state index in [0.29, 0.717) is 28.1 Å². The Kier molecular flexibility index (Phi) is 4.82. The van der Waals surface area contributed by atoms with Crippen LogP contribution in [0.5, 0.6) is 0 Å². The Morgan fingerprint density at radius 3 is 2.22 bits per heavy atom. The van der Waals surface area contributed by atoms with Crippen molar-refractivity contribution in [3.63, 3.8) is 0 Å². The third-order valence-electron chi connectivity index (χ3n) is 5.66. The van der Waals surface area contributed by atoms with Gasteiger partial charge >= 0.3 is 0 Å². The first-order valence-corrected chi connectivity index (χ1v) is 10.5. The van der Waals surface area contributed by atoms with Crippen molar-refractivity contribution in [3.05, 3.63) is 95.6 Å². The van der Waals surface area contributed by atoms with Crippen LogP contribution in [0.1, 0.15) is 34.5 Å². The number of fused-ring (bicyclic) bond motifs is 2. The molecule has 1 amide bonds. The number of hydrogen-bond donors (Lipinski definition) is 2. The lowest BCUT2D eigenvalue weighted by molar-refractivity contribution is 0.0942. The molecule has 0 fully saturated rings. The highest BCUT2D eigenvalue weighted by atomic mass is 16.1. The summed E-state index contributed by atoms with van der Waals surface area (Å²) in [7, 11) is 0. The average Bonchev–Trinajstić information content (AvgIpc) is 3.09. The number of carbonyl (C=O) groups is 1. The van der Waals surface area contributed by atoms with Gasteiger partial charge in [-0.1, -0.05) is 60.2 Å². The van der Waals surface area contributed by atoms with E-state index in [0.717, 1.165) is 22.3 Å². The molecule has 6 nitrogen and oxygen atoms in total. The van der Waals surface area contributed by atoms with E-state index < -0.39 is 0 Å². The van der Waals surface area contributed by atoms with Crippen LogP contribution in [0.3, 0.4) is 0 Å². The van der Waals surface area contributed by atoms with Crippen molar-refractivity contribution in [1.82, 2.24) is 19.9 Å². The van der Waals surface area contributed by atoms with Gasteiger partial charge in [0.1, 0.15) is 16.9 Å². The van der Waals surface area contributed by atoms with Crippen molar-refractivity contribution in [3.8, 4) is 5.69 Å². The van der Waals surface area contributed by atoms with Gasteiger partial charge in [-0.05, 0) is 43.7 Å². The molecule has 1 atom stereocenters. The number of para-hydroxylation sites is 2. The predicted octanol–water partition coefficient (Wildman–Crippen LogP) is 4.96. The number of nitrogens with two attached hydrogens (primary N) is 1. The standard InChI is InChI=1S/C26H23N5O/c1-16-12-14-19(15-13-16)31-24(27)22(26(32)28-17(2)18-8-4-3-5-9-18)23-25(31)30-21-11-7-6-10-20(21)29-23/h3-15,17H,27H2,1-2H3,(H,28,32). The number of nitrogens with zero attached hydrogens (tertiary/aromatic N) is 3. The van der Waals surface area contributed by atoms with Crippen LogP contribution >= 0.6 is 0 Å². The summed E-state index contributed by atoms with van der Waals surface area (Å²) in [6.07, 6.45) is 0. The predicted molar refractivity (Wildman–Crippen MR) is 128 cm³/mol. The second-order valence-corrected chi connectivity index (χ2v) is 7.92. The number of aryl methyl sites for hydroxylation is 1. The van der Waals surface area contributed by atoms with Crippen LogP contribution in [0.2, 0.25) is 0 Å². The maximum absolute atomic E-state index is 13.4. The van der Waals surface area contributed by atoms with Crippen LogP contribution in [0.25, 0.3) is 27.9 Å². The minimum absolute atomic E-state index is 0.186. The largest absolute Gasteiger partial charge is 0.384 e. The molecule has 3 aromatic carbocycles. The number of benzene rings is 3. The number of nitrogen functional groups attached to an aromatic ring is 1. The Balaban J connectivity index is 1.69. The maximum Gasteiger partial charge on any atom is 0.257 e. The smallest absolute Gasteiger partial charge is 0.257 e. The average molecular weight is 422 g/mol. The van der Waals surface area contributed by atoms with E-state index in [4.69, 9.17) is 15.7 Å². The molecule has 0 bridgehead atoms. The third kappa shape index (κ3) is 3.36. The quantitative estimate of drug-likeness (QED) is 0.430. The van der Waals surface area contributed by atoms with Crippen LogP contribution in [0.4, 0.5) is 5.82 Å². The molecule has 32 heavy (non-hydrogen) atoms. The van der Waals surface area contributed by atoms with Crippen LogP contribution in [-0.2, 0) is 0 Å². The highest BCUT2D eigenvalue weighted by molar-refractivity contribution is 6.11. The molecule has 2 heterocycles. The molecule has 0 aliphatic carbocycles. The fraction of sp³-hybridized carbons (Fsp3) is 0.115. The Morgan fingerprint density at radius 1 is 0.906 bits per heavy atom. The lowest BCUT2D eigenvalue weighted by atomic mass is 10.1. The molecule has 6 heteroatoms. The van der Waals surface area contributed by atoms with Gasteiger partial charge in [0, 0.05) is 5.69 Å². The number of nitrogens with one attached hydrogen (secondary N) is 1. The first-order chi connectivity index (χ1) is 15.5. The van der Waals surface area contributed by atoms with Gasteiger partial charge < -0.3 is 11.1 Å². The van der Waals surface area contributed by atoms with Gasteiger partial charge in [0.2, 0.25) is 0 Å². The van der Waals surface area contributed by atoms with E-state index in [9.17, 15) is 4.79 Å². The number of rotatable bonds is 4. The second-order valence-electron chi connectivity index (χ2n) is 7.92. The molecule has 0 saturated carbocycles. The topological polar surface area (TPSA) is 85.8 Å². The first-order valence-electron chi connectivity index (χ1n) is 10.5. The van der Waals surface area contributed by atoms with Gasteiger partial charge in [0.15, 0.2) is 5.65 Å². The zero-order valence-electron chi connectivity index (χ0n) is 17.9. The summed E-state index contributed by atoms with van der Waals surface area (Å²) in [6, 6.07) is 25.2. The number of carbonyl (C=O) groups excluding carboxylic acids is 1. The Bertz CT molecular complexity index is 1440. The lowest BCUT2D eigenvalue weighted by Gasteiger charge is -2.14. The van der Waals surface area contributed by atoms with Gasteiger partial charge in [-0.2, -0.15) is 0 Å². The van der Waals surface area contributed by atoms with Crippen molar-refractivity contribution >= 4 is 33.9 Å². The summed E-state index contributed by atoms with van der Waals surface area (Å²) in [5.41, 5.74) is 12.4. The zero-order chi connectivity index (χ0) is 22.2. The summed E-state index contributed by atoms with van der Waals surface area (Å²) in [4.78, 5) is 23.0. The SMILES string of the molecule is Cc1ccc(-n2c(N)c(C(=O)NC(C)c3ccccc3)c3nc4ccccc4nc32)cc1. The molecule has 1 unspecified atom stereocenters. The number of aromatic nitrogens is 3. The van der Waals surface area contributed by atoms with Crippen molar-refractivity contribution in [2.24, 2.45) is 0 Å². The van der Waals surface area contributed by atoms with Crippen molar-refractivity contribution in [1.29, 1.82) is 0 Å². The van der Waals surface area contributed by atoms with Crippen LogP contribution in [0.15, 0.2) is 78.9 Å². The minimum atomic E-state index is -0.278. The van der Waals surface area contributed by atoms with E-state index >= 15 is 0 Å². The fourth-order valence-electron chi connectivity index (χ4n) is 3.93. The minimum Gasteiger partial charge on any atom is -0.384 e. The highest BCUT2D eigenvalue weighted by Crippen LogP contribution is 2.31. The molecule has 2 aromatic heterocycles. The lowest BCUT2D eigenvalue weighted by Crippen LogP contribution is -2.27. The summed E-state index contributed by atoms with van der Waals surface area (Å²) in [5.74, 6) is 0.0382. The molecular weight excluding hydrogens is 398 g/mol. The molecule has 5 rings (SSSR count). The van der Waals surface area contributed by atoms with Gasteiger partial charge in [0.05, 0.1) is 17.1 Å². The van der Waals surface area contributed by atoms with Gasteiger partial charge in [0.25, 0.3) is 5.91 Å². The van der Waals surface area contributed by atoms with Crippen molar-refractivity contribution in [2.45, 2.75) is 19.9 Å². The summed E-state index contributed by atoms with van der Waals surface area (Å²) >= 11 is 0. The monoisotopic (exact) mass is 421 g/mol. The fourth-order valence-corrected chi connectivity index (χ4v) is 3.93. The molecule has 0 aliphatic rings. The van der Waals surface area contributed by atoms with Crippen molar-refractivity contribution in [2.75, 3.05) is 5.73 Å². The van der Waals surface area contributed by atoms with Crippen LogP contribution in [0, 0.1) is 6.92 Å². The van der Waals surface area contributed by atoms with Gasteiger partial charge in [-0.3, -0.25) is 9.36 Å². The molecule has 0 aliphatic heterocycles. The maximum atomic E-state index is 13.4. The molecular formula is C26H23N5O. The molecule has 158 valence electrons. The van der Waals surface area contributed by atoms with E-state index in [-0.39, 0.29) is 11.9 Å². The number of amides is 1. The van der Waals surface area contributed by atoms with Gasteiger partial charge in [-0.25, -0.2) is 9.97 Å². The summed E-state index contributed by atoms with van der Waals surface area (Å²) in [5, 5.41) is 3.07.